The second-order valence-electron chi connectivity index (χ2n) is 10.8. The molecule has 0 N–H and O–H groups in total. The molecular formula is C35H35N3O10. The smallest absolute Gasteiger partial charge is 0.421 e. The molecule has 0 aliphatic carbocycles. The number of nitrogens with zero attached hydrogens (tertiary/aromatic N) is 3. The number of fused-ring (bicyclic) bond motifs is 6. The van der Waals surface area contributed by atoms with Gasteiger partial charge in [-0.2, -0.15) is 0 Å². The molecule has 0 unspecified atom stereocenters. The van der Waals surface area contributed by atoms with Crippen LogP contribution < -0.4 is 18.9 Å². The molecule has 250 valence electrons. The third kappa shape index (κ3) is 6.26. The monoisotopic (exact) mass is 657 g/mol. The van der Waals surface area contributed by atoms with Gasteiger partial charge in [-0.1, -0.05) is 0 Å². The SMILES string of the molecule is COc1ccc2c(c1)c1cc(OC)ccc1n2C(=O)OCOCN(C)COCOC(=O)n1c2ccc(OC)cc2c2cc(OC)ccc21. The molecule has 0 spiro atoms. The molecule has 4 aromatic carbocycles. The number of hydrogen-bond donors (Lipinski definition) is 0. The van der Waals surface area contributed by atoms with Crippen LogP contribution in [0.2, 0.25) is 0 Å². The van der Waals surface area contributed by atoms with Gasteiger partial charge in [-0.25, -0.2) is 18.7 Å². The molecule has 13 heteroatoms. The summed E-state index contributed by atoms with van der Waals surface area (Å²) in [7, 11) is 8.09. The van der Waals surface area contributed by atoms with Crippen LogP contribution in [0, 0.1) is 0 Å². The molecule has 2 aromatic heterocycles. The molecule has 0 amide bonds. The van der Waals surface area contributed by atoms with Crippen LogP contribution in [0.15, 0.2) is 72.8 Å². The van der Waals surface area contributed by atoms with Crippen LogP contribution in [0.5, 0.6) is 23.0 Å². The normalized spacial score (nSPS) is 11.5. The quantitative estimate of drug-likeness (QED) is 0.107. The van der Waals surface area contributed by atoms with Crippen LogP contribution in [-0.4, -0.2) is 88.8 Å². The summed E-state index contributed by atoms with van der Waals surface area (Å²) in [6, 6.07) is 21.8. The maximum Gasteiger partial charge on any atom is 0.421 e. The number of rotatable bonds is 12. The van der Waals surface area contributed by atoms with Crippen LogP contribution in [-0.2, 0) is 18.9 Å². The predicted octanol–water partition coefficient (Wildman–Crippen LogP) is 6.40. The number of benzene rings is 4. The molecule has 0 aliphatic heterocycles. The highest BCUT2D eigenvalue weighted by Gasteiger charge is 2.20. The van der Waals surface area contributed by atoms with Gasteiger partial charge in [0.15, 0.2) is 13.6 Å². The van der Waals surface area contributed by atoms with Gasteiger partial charge in [0.2, 0.25) is 0 Å². The maximum absolute atomic E-state index is 13.2. The van der Waals surface area contributed by atoms with Crippen LogP contribution in [0.3, 0.4) is 0 Å². The van der Waals surface area contributed by atoms with Gasteiger partial charge in [0.05, 0.1) is 50.5 Å². The standard InChI is InChI=1S/C35H35N3O10/c1-36(18-45-20-47-34(39)37-30-10-6-22(41-2)14-26(30)27-15-23(42-3)7-11-31(27)37)19-46-21-48-35(40)38-32-12-8-24(43-4)16-28(32)29-17-25(44-5)9-13-33(29)38/h6-17H,18-21H2,1-5H3. The van der Waals surface area contributed by atoms with Gasteiger partial charge < -0.3 is 37.9 Å². The summed E-state index contributed by atoms with van der Waals surface area (Å²) < 4.78 is 46.5. The zero-order chi connectivity index (χ0) is 33.8. The highest BCUT2D eigenvalue weighted by atomic mass is 16.7. The van der Waals surface area contributed by atoms with E-state index in [0.29, 0.717) is 45.1 Å². The van der Waals surface area contributed by atoms with Crippen molar-refractivity contribution in [1.82, 2.24) is 14.0 Å². The predicted molar refractivity (Wildman–Crippen MR) is 178 cm³/mol. The van der Waals surface area contributed by atoms with Gasteiger partial charge in [0, 0.05) is 21.5 Å². The van der Waals surface area contributed by atoms with Crippen LogP contribution in [0.4, 0.5) is 9.59 Å². The van der Waals surface area contributed by atoms with E-state index in [-0.39, 0.29) is 27.0 Å². The van der Waals surface area contributed by atoms with E-state index < -0.39 is 12.2 Å². The molecule has 0 saturated heterocycles. The Morgan fingerprint density at radius 2 is 0.812 bits per heavy atom. The Hall–Kier alpha value is -5.50. The van der Waals surface area contributed by atoms with Crippen molar-refractivity contribution in [3.63, 3.8) is 0 Å². The summed E-state index contributed by atoms with van der Waals surface area (Å²) in [5, 5.41) is 3.27. The highest BCUT2D eigenvalue weighted by molar-refractivity contribution is 6.14. The molecule has 0 bridgehead atoms. The molecule has 0 fully saturated rings. The number of methoxy groups -OCH3 is 4. The van der Waals surface area contributed by atoms with Crippen molar-refractivity contribution in [2.75, 3.05) is 62.5 Å². The van der Waals surface area contributed by atoms with Gasteiger partial charge in [0.25, 0.3) is 0 Å². The van der Waals surface area contributed by atoms with Crippen LogP contribution in [0.1, 0.15) is 0 Å². The first kappa shape index (κ1) is 32.4. The number of carbonyl (C=O) groups is 2. The molecule has 0 atom stereocenters. The Morgan fingerprint density at radius 1 is 0.521 bits per heavy atom. The molecular weight excluding hydrogens is 622 g/mol. The van der Waals surface area contributed by atoms with Gasteiger partial charge in [0.1, 0.15) is 36.5 Å². The Labute approximate surface area is 275 Å². The van der Waals surface area contributed by atoms with E-state index in [9.17, 15) is 9.59 Å². The molecule has 0 saturated carbocycles. The minimum Gasteiger partial charge on any atom is -0.497 e. The highest BCUT2D eigenvalue weighted by Crippen LogP contribution is 2.35. The van der Waals surface area contributed by atoms with Crippen molar-refractivity contribution in [2.45, 2.75) is 0 Å². The van der Waals surface area contributed by atoms with E-state index in [1.165, 1.54) is 9.13 Å². The Balaban J connectivity index is 1.02. The molecule has 6 aromatic rings. The van der Waals surface area contributed by atoms with Crippen molar-refractivity contribution in [2.24, 2.45) is 0 Å². The maximum atomic E-state index is 13.2. The zero-order valence-corrected chi connectivity index (χ0v) is 27.2. The van der Waals surface area contributed by atoms with Crippen molar-refractivity contribution >= 4 is 55.8 Å². The lowest BCUT2D eigenvalue weighted by atomic mass is 10.1. The topological polar surface area (TPSA) is 121 Å². The lowest BCUT2D eigenvalue weighted by molar-refractivity contribution is -0.104. The molecule has 0 aliphatic rings. The first-order chi connectivity index (χ1) is 23.4. The van der Waals surface area contributed by atoms with Crippen molar-refractivity contribution < 1.29 is 47.5 Å². The lowest BCUT2D eigenvalue weighted by Gasteiger charge is -2.17. The molecule has 2 heterocycles. The van der Waals surface area contributed by atoms with Crippen molar-refractivity contribution in [3.8, 4) is 23.0 Å². The minimum absolute atomic E-state index is 0.0827. The van der Waals surface area contributed by atoms with Gasteiger partial charge in [-0.3, -0.25) is 4.90 Å². The summed E-state index contributed by atoms with van der Waals surface area (Å²) in [5.74, 6) is 2.65. The third-order valence-electron chi connectivity index (χ3n) is 7.88. The summed E-state index contributed by atoms with van der Waals surface area (Å²) in [6.07, 6.45) is -1.20. The fourth-order valence-corrected chi connectivity index (χ4v) is 5.60. The fraction of sp³-hybridized carbons (Fsp3) is 0.257. The van der Waals surface area contributed by atoms with Crippen LogP contribution in [0.25, 0.3) is 43.6 Å². The molecule has 0 radical (unpaired) electrons. The first-order valence-electron chi connectivity index (χ1n) is 14.9. The second kappa shape index (κ2) is 14.1. The summed E-state index contributed by atoms with van der Waals surface area (Å²) in [5.41, 5.74) is 2.63. The average Bonchev–Trinajstić information content (AvgIpc) is 3.62. The summed E-state index contributed by atoms with van der Waals surface area (Å²) in [4.78, 5) is 28.0. The van der Waals surface area contributed by atoms with Gasteiger partial charge in [-0.05, 0) is 79.8 Å². The zero-order valence-electron chi connectivity index (χ0n) is 27.2. The summed E-state index contributed by atoms with van der Waals surface area (Å²) in [6.45, 7) is -0.428. The lowest BCUT2D eigenvalue weighted by Crippen LogP contribution is -2.27. The van der Waals surface area contributed by atoms with E-state index in [1.807, 2.05) is 24.3 Å². The number of aromatic nitrogens is 2. The fourth-order valence-electron chi connectivity index (χ4n) is 5.60. The van der Waals surface area contributed by atoms with E-state index >= 15 is 0 Å². The van der Waals surface area contributed by atoms with Crippen molar-refractivity contribution in [3.05, 3.63) is 72.8 Å². The molecule has 48 heavy (non-hydrogen) atoms. The largest absolute Gasteiger partial charge is 0.497 e. The Morgan fingerprint density at radius 3 is 1.08 bits per heavy atom. The van der Waals surface area contributed by atoms with Gasteiger partial charge >= 0.3 is 12.2 Å². The Bertz CT molecular complexity index is 1850. The number of hydrogen-bond acceptors (Lipinski definition) is 11. The summed E-state index contributed by atoms with van der Waals surface area (Å²) >= 11 is 0. The minimum atomic E-state index is -0.599. The van der Waals surface area contributed by atoms with E-state index in [0.717, 1.165) is 21.5 Å². The van der Waals surface area contributed by atoms with Crippen molar-refractivity contribution in [1.29, 1.82) is 0 Å². The first-order valence-corrected chi connectivity index (χ1v) is 14.9. The second-order valence-corrected chi connectivity index (χ2v) is 10.8. The van der Waals surface area contributed by atoms with Crippen LogP contribution >= 0.6 is 0 Å². The Kier molecular flexibility index (Phi) is 9.52. The van der Waals surface area contributed by atoms with E-state index in [1.54, 1.807) is 88.9 Å². The third-order valence-corrected chi connectivity index (χ3v) is 7.88. The molecule has 13 nitrogen and oxygen atoms in total. The number of ether oxygens (including phenoxy) is 8. The molecule has 6 rings (SSSR count). The number of carbonyl (C=O) groups excluding carboxylic acids is 2. The van der Waals surface area contributed by atoms with E-state index in [4.69, 9.17) is 37.9 Å². The van der Waals surface area contributed by atoms with Gasteiger partial charge in [-0.15, -0.1) is 0 Å². The average molecular weight is 658 g/mol. The van der Waals surface area contributed by atoms with E-state index in [2.05, 4.69) is 0 Å².